The molecule has 152 valence electrons. The van der Waals surface area contributed by atoms with Crippen LogP contribution in [0.5, 0.6) is 5.75 Å². The number of ether oxygens (including phenoxy) is 1. The average molecular weight is 406 g/mol. The van der Waals surface area contributed by atoms with Crippen molar-refractivity contribution in [3.8, 4) is 5.75 Å². The fourth-order valence-corrected chi connectivity index (χ4v) is 3.61. The minimum absolute atomic E-state index is 0.0109. The Hall–Kier alpha value is -2.42. The summed E-state index contributed by atoms with van der Waals surface area (Å²) in [4.78, 5) is 14.7. The van der Waals surface area contributed by atoms with Gasteiger partial charge in [-0.1, -0.05) is 12.1 Å². The third-order valence-electron chi connectivity index (χ3n) is 4.47. The van der Waals surface area contributed by atoms with E-state index in [1.165, 1.54) is 38.4 Å². The molecule has 2 aromatic carbocycles. The minimum Gasteiger partial charge on any atom is -0.497 e. The highest BCUT2D eigenvalue weighted by atomic mass is 32.2. The maximum atomic E-state index is 12.5. The zero-order valence-electron chi connectivity index (χ0n) is 16.8. The molecule has 28 heavy (non-hydrogen) atoms. The molecular formula is C20H27N3O4S. The van der Waals surface area contributed by atoms with E-state index in [-0.39, 0.29) is 16.8 Å². The summed E-state index contributed by atoms with van der Waals surface area (Å²) in [5.41, 5.74) is 1.46. The van der Waals surface area contributed by atoms with E-state index in [9.17, 15) is 13.2 Å². The number of carbonyl (C=O) groups is 1. The van der Waals surface area contributed by atoms with Crippen molar-refractivity contribution >= 4 is 15.9 Å². The maximum Gasteiger partial charge on any atom is 0.251 e. The van der Waals surface area contributed by atoms with E-state index in [0.717, 1.165) is 15.6 Å². The van der Waals surface area contributed by atoms with Gasteiger partial charge < -0.3 is 15.0 Å². The zero-order valence-corrected chi connectivity index (χ0v) is 17.7. The van der Waals surface area contributed by atoms with E-state index < -0.39 is 10.0 Å². The van der Waals surface area contributed by atoms with E-state index in [0.29, 0.717) is 12.1 Å². The van der Waals surface area contributed by atoms with Crippen LogP contribution in [0.1, 0.15) is 22.0 Å². The Kier molecular flexibility index (Phi) is 7.17. The summed E-state index contributed by atoms with van der Waals surface area (Å²) in [5, 5.41) is 2.92. The Labute approximate surface area is 167 Å². The van der Waals surface area contributed by atoms with Gasteiger partial charge in [-0.15, -0.1) is 0 Å². The van der Waals surface area contributed by atoms with E-state index in [1.54, 1.807) is 7.11 Å². The summed E-state index contributed by atoms with van der Waals surface area (Å²) < 4.78 is 30.6. The number of amides is 1. The number of hydrogen-bond donors (Lipinski definition) is 1. The normalized spacial score (nSPS) is 12.8. The Morgan fingerprint density at radius 2 is 1.57 bits per heavy atom. The quantitative estimate of drug-likeness (QED) is 0.727. The van der Waals surface area contributed by atoms with Crippen LogP contribution in [0.4, 0.5) is 0 Å². The number of methoxy groups -OCH3 is 1. The number of nitrogens with zero attached hydrogens (tertiary/aromatic N) is 2. The molecule has 0 aliphatic carbocycles. The van der Waals surface area contributed by atoms with Crippen molar-refractivity contribution in [2.75, 3.05) is 41.8 Å². The number of likely N-dealkylation sites (N-methyl/N-ethyl adjacent to an activating group) is 1. The van der Waals surface area contributed by atoms with Crippen LogP contribution in [0.2, 0.25) is 0 Å². The largest absolute Gasteiger partial charge is 0.497 e. The molecule has 0 radical (unpaired) electrons. The molecule has 0 aromatic heterocycles. The summed E-state index contributed by atoms with van der Waals surface area (Å²) in [6.45, 7) is 0.413. The number of nitrogens with one attached hydrogen (secondary N) is 1. The van der Waals surface area contributed by atoms with Gasteiger partial charge in [0.1, 0.15) is 5.75 Å². The monoisotopic (exact) mass is 405 g/mol. The van der Waals surface area contributed by atoms with Crippen LogP contribution in [0.15, 0.2) is 53.4 Å². The predicted molar refractivity (Wildman–Crippen MR) is 109 cm³/mol. The molecular weight excluding hydrogens is 378 g/mol. The van der Waals surface area contributed by atoms with Crippen LogP contribution in [0, 0.1) is 0 Å². The summed E-state index contributed by atoms with van der Waals surface area (Å²) in [6.07, 6.45) is 0. The van der Waals surface area contributed by atoms with Crippen LogP contribution in [0.3, 0.4) is 0 Å². The van der Waals surface area contributed by atoms with Gasteiger partial charge in [-0.3, -0.25) is 4.79 Å². The second kappa shape index (κ2) is 9.18. The van der Waals surface area contributed by atoms with Crippen molar-refractivity contribution < 1.29 is 17.9 Å². The summed E-state index contributed by atoms with van der Waals surface area (Å²) in [7, 11) is 4.94. The van der Waals surface area contributed by atoms with Crippen LogP contribution in [-0.4, -0.2) is 65.4 Å². The zero-order chi connectivity index (χ0) is 20.9. The average Bonchev–Trinajstić information content (AvgIpc) is 2.68. The minimum atomic E-state index is -3.51. The summed E-state index contributed by atoms with van der Waals surface area (Å²) in [6, 6.07) is 13.6. The molecule has 0 saturated heterocycles. The molecule has 7 nitrogen and oxygen atoms in total. The van der Waals surface area contributed by atoms with Crippen molar-refractivity contribution in [2.45, 2.75) is 10.9 Å². The first-order valence-electron chi connectivity index (χ1n) is 8.78. The van der Waals surface area contributed by atoms with Crippen molar-refractivity contribution in [1.82, 2.24) is 14.5 Å². The first-order valence-corrected chi connectivity index (χ1v) is 10.2. The van der Waals surface area contributed by atoms with Crippen LogP contribution < -0.4 is 10.1 Å². The molecule has 8 heteroatoms. The molecule has 2 aromatic rings. The summed E-state index contributed by atoms with van der Waals surface area (Å²) in [5.74, 6) is 0.521. The molecule has 0 fully saturated rings. The predicted octanol–water partition coefficient (Wildman–Crippen LogP) is 1.98. The maximum absolute atomic E-state index is 12.5. The number of hydrogen-bond acceptors (Lipinski definition) is 5. The van der Waals surface area contributed by atoms with Gasteiger partial charge in [0.05, 0.1) is 18.0 Å². The Balaban J connectivity index is 2.08. The van der Waals surface area contributed by atoms with Crippen LogP contribution in [-0.2, 0) is 10.0 Å². The summed E-state index contributed by atoms with van der Waals surface area (Å²) >= 11 is 0. The molecule has 0 saturated carbocycles. The first kappa shape index (κ1) is 21.9. The van der Waals surface area contributed by atoms with Crippen molar-refractivity contribution in [2.24, 2.45) is 0 Å². The Morgan fingerprint density at radius 3 is 2.04 bits per heavy atom. The lowest BCUT2D eigenvalue weighted by atomic mass is 10.1. The van der Waals surface area contributed by atoms with Crippen molar-refractivity contribution in [3.63, 3.8) is 0 Å². The first-order chi connectivity index (χ1) is 13.2. The Morgan fingerprint density at radius 1 is 1.00 bits per heavy atom. The van der Waals surface area contributed by atoms with Gasteiger partial charge in [-0.2, -0.15) is 0 Å². The molecule has 1 amide bonds. The van der Waals surface area contributed by atoms with Gasteiger partial charge in [0, 0.05) is 26.2 Å². The molecule has 0 heterocycles. The lowest BCUT2D eigenvalue weighted by Gasteiger charge is -2.25. The van der Waals surface area contributed by atoms with Crippen molar-refractivity contribution in [3.05, 3.63) is 59.7 Å². The highest BCUT2D eigenvalue weighted by molar-refractivity contribution is 7.89. The van der Waals surface area contributed by atoms with Crippen LogP contribution in [0.25, 0.3) is 0 Å². The second-order valence-electron chi connectivity index (χ2n) is 6.77. The smallest absolute Gasteiger partial charge is 0.251 e. The molecule has 1 N–H and O–H groups in total. The third kappa shape index (κ3) is 5.09. The van der Waals surface area contributed by atoms with E-state index in [1.807, 2.05) is 43.3 Å². The number of carbonyl (C=O) groups excluding carboxylic acids is 1. The topological polar surface area (TPSA) is 78.9 Å². The fourth-order valence-electron chi connectivity index (χ4n) is 2.71. The van der Waals surface area contributed by atoms with Gasteiger partial charge in [0.15, 0.2) is 0 Å². The lowest BCUT2D eigenvalue weighted by molar-refractivity contribution is 0.0942. The molecule has 0 aliphatic heterocycles. The van der Waals surface area contributed by atoms with E-state index in [4.69, 9.17) is 4.74 Å². The highest BCUT2D eigenvalue weighted by Crippen LogP contribution is 2.21. The van der Waals surface area contributed by atoms with Gasteiger partial charge in [-0.25, -0.2) is 12.7 Å². The number of rotatable bonds is 8. The van der Waals surface area contributed by atoms with Gasteiger partial charge in [0.25, 0.3) is 5.91 Å². The Bertz CT molecular complexity index is 892. The van der Waals surface area contributed by atoms with Gasteiger partial charge >= 0.3 is 0 Å². The molecule has 2 rings (SSSR count). The molecule has 0 spiro atoms. The van der Waals surface area contributed by atoms with Gasteiger partial charge in [0.2, 0.25) is 10.0 Å². The van der Waals surface area contributed by atoms with Gasteiger partial charge in [-0.05, 0) is 56.1 Å². The number of benzene rings is 2. The standard InChI is InChI=1S/C20H27N3O4S/c1-22(2)19(15-6-10-17(27-5)11-7-15)14-21-20(24)16-8-12-18(13-9-16)28(25,26)23(3)4/h6-13,19H,14H2,1-5H3,(H,21,24)/t19-/m0/s1. The second-order valence-corrected chi connectivity index (χ2v) is 8.93. The number of sulfonamides is 1. The lowest BCUT2D eigenvalue weighted by Crippen LogP contribution is -2.34. The van der Waals surface area contributed by atoms with Crippen molar-refractivity contribution in [1.29, 1.82) is 0 Å². The third-order valence-corrected chi connectivity index (χ3v) is 6.30. The van der Waals surface area contributed by atoms with Crippen LogP contribution >= 0.6 is 0 Å². The van der Waals surface area contributed by atoms with E-state index >= 15 is 0 Å². The molecule has 0 unspecified atom stereocenters. The molecule has 1 atom stereocenters. The van der Waals surface area contributed by atoms with E-state index in [2.05, 4.69) is 5.32 Å². The SMILES string of the molecule is COc1ccc([C@H](CNC(=O)c2ccc(S(=O)(=O)N(C)C)cc2)N(C)C)cc1. The molecule has 0 aliphatic rings. The molecule has 0 bridgehead atoms. The fraction of sp³-hybridized carbons (Fsp3) is 0.350. The highest BCUT2D eigenvalue weighted by Gasteiger charge is 2.19.